The number of rotatable bonds is 6. The molecule has 148 valence electrons. The first kappa shape index (κ1) is 19.7. The van der Waals surface area contributed by atoms with Crippen LogP contribution < -0.4 is 14.8 Å². The van der Waals surface area contributed by atoms with E-state index >= 15 is 0 Å². The second-order valence-electron chi connectivity index (χ2n) is 7.16. The van der Waals surface area contributed by atoms with E-state index in [1.54, 1.807) is 31.4 Å². The molecular formula is C22H26N2O4. The van der Waals surface area contributed by atoms with E-state index in [0.29, 0.717) is 18.0 Å². The third-order valence-electron chi connectivity index (χ3n) is 4.74. The Kier molecular flexibility index (Phi) is 6.19. The van der Waals surface area contributed by atoms with Crippen molar-refractivity contribution in [1.82, 2.24) is 4.90 Å². The van der Waals surface area contributed by atoms with Crippen LogP contribution in [0.5, 0.6) is 11.5 Å². The summed E-state index contributed by atoms with van der Waals surface area (Å²) in [6.45, 7) is 5.07. The predicted molar refractivity (Wildman–Crippen MR) is 108 cm³/mol. The molecule has 2 amide bonds. The third kappa shape index (κ3) is 4.82. The SMILES string of the molecule is COc1ccc(OCC(=O)Nc2ccc3c(c2)CN(C(=O)C(C)C)CC3)cc1. The molecular weight excluding hydrogens is 356 g/mol. The van der Waals surface area contributed by atoms with Crippen LogP contribution in [-0.2, 0) is 22.6 Å². The lowest BCUT2D eigenvalue weighted by atomic mass is 9.98. The number of amides is 2. The van der Waals surface area contributed by atoms with Crippen molar-refractivity contribution in [2.75, 3.05) is 25.6 Å². The molecule has 0 bridgehead atoms. The fourth-order valence-corrected chi connectivity index (χ4v) is 3.21. The normalized spacial score (nSPS) is 13.1. The van der Waals surface area contributed by atoms with E-state index in [-0.39, 0.29) is 24.3 Å². The summed E-state index contributed by atoms with van der Waals surface area (Å²) >= 11 is 0. The number of benzene rings is 2. The third-order valence-corrected chi connectivity index (χ3v) is 4.74. The van der Waals surface area contributed by atoms with Crippen LogP contribution >= 0.6 is 0 Å². The zero-order valence-electron chi connectivity index (χ0n) is 16.5. The number of ether oxygens (including phenoxy) is 2. The average Bonchev–Trinajstić information content (AvgIpc) is 2.71. The molecule has 0 unspecified atom stereocenters. The van der Waals surface area contributed by atoms with Gasteiger partial charge in [-0.15, -0.1) is 0 Å². The van der Waals surface area contributed by atoms with Crippen molar-refractivity contribution in [3.63, 3.8) is 0 Å². The highest BCUT2D eigenvalue weighted by Crippen LogP contribution is 2.24. The summed E-state index contributed by atoms with van der Waals surface area (Å²) in [6.07, 6.45) is 0.836. The molecule has 3 rings (SSSR count). The van der Waals surface area contributed by atoms with Crippen LogP contribution in [0.4, 0.5) is 5.69 Å². The molecule has 2 aromatic rings. The van der Waals surface area contributed by atoms with Gasteiger partial charge < -0.3 is 19.7 Å². The van der Waals surface area contributed by atoms with Gasteiger partial charge in [0.25, 0.3) is 5.91 Å². The zero-order valence-corrected chi connectivity index (χ0v) is 16.5. The minimum Gasteiger partial charge on any atom is -0.497 e. The highest BCUT2D eigenvalue weighted by atomic mass is 16.5. The van der Waals surface area contributed by atoms with E-state index in [9.17, 15) is 9.59 Å². The molecule has 1 heterocycles. The van der Waals surface area contributed by atoms with Gasteiger partial charge >= 0.3 is 0 Å². The highest BCUT2D eigenvalue weighted by molar-refractivity contribution is 5.92. The molecule has 1 N–H and O–H groups in total. The van der Waals surface area contributed by atoms with Crippen LogP contribution in [0, 0.1) is 5.92 Å². The van der Waals surface area contributed by atoms with Crippen LogP contribution in [0.15, 0.2) is 42.5 Å². The number of nitrogens with one attached hydrogen (secondary N) is 1. The van der Waals surface area contributed by atoms with Gasteiger partial charge in [0.15, 0.2) is 6.61 Å². The van der Waals surface area contributed by atoms with Crippen LogP contribution in [0.3, 0.4) is 0 Å². The summed E-state index contributed by atoms with van der Waals surface area (Å²) in [4.78, 5) is 26.4. The van der Waals surface area contributed by atoms with Gasteiger partial charge in [0.1, 0.15) is 11.5 Å². The molecule has 0 saturated heterocycles. The smallest absolute Gasteiger partial charge is 0.262 e. The molecule has 1 aliphatic heterocycles. The van der Waals surface area contributed by atoms with Gasteiger partial charge in [-0.2, -0.15) is 0 Å². The van der Waals surface area contributed by atoms with Crippen molar-refractivity contribution in [1.29, 1.82) is 0 Å². The Balaban J connectivity index is 1.58. The molecule has 0 radical (unpaired) electrons. The Morgan fingerprint density at radius 2 is 1.79 bits per heavy atom. The maximum atomic E-state index is 12.3. The van der Waals surface area contributed by atoms with E-state index in [0.717, 1.165) is 24.3 Å². The lowest BCUT2D eigenvalue weighted by molar-refractivity contribution is -0.135. The van der Waals surface area contributed by atoms with Crippen LogP contribution in [0.2, 0.25) is 0 Å². The lowest BCUT2D eigenvalue weighted by Gasteiger charge is -2.30. The van der Waals surface area contributed by atoms with Crippen LogP contribution in [0.25, 0.3) is 0 Å². The first-order valence-electron chi connectivity index (χ1n) is 9.43. The molecule has 6 heteroatoms. The van der Waals surface area contributed by atoms with Crippen molar-refractivity contribution in [3.05, 3.63) is 53.6 Å². The first-order valence-corrected chi connectivity index (χ1v) is 9.43. The quantitative estimate of drug-likeness (QED) is 0.833. The molecule has 0 fully saturated rings. The molecule has 6 nitrogen and oxygen atoms in total. The molecule has 0 aromatic heterocycles. The van der Waals surface area contributed by atoms with Crippen molar-refractivity contribution in [2.45, 2.75) is 26.8 Å². The number of fused-ring (bicyclic) bond motifs is 1. The summed E-state index contributed by atoms with van der Waals surface area (Å²) in [5.74, 6) is 1.24. The summed E-state index contributed by atoms with van der Waals surface area (Å²) < 4.78 is 10.6. The Bertz CT molecular complexity index is 846. The van der Waals surface area contributed by atoms with Gasteiger partial charge in [-0.25, -0.2) is 0 Å². The molecule has 28 heavy (non-hydrogen) atoms. The molecule has 0 saturated carbocycles. The van der Waals surface area contributed by atoms with Gasteiger partial charge in [0, 0.05) is 24.7 Å². The Hall–Kier alpha value is -3.02. The van der Waals surface area contributed by atoms with E-state index in [4.69, 9.17) is 9.47 Å². The monoisotopic (exact) mass is 382 g/mol. The fourth-order valence-electron chi connectivity index (χ4n) is 3.21. The van der Waals surface area contributed by atoms with E-state index in [2.05, 4.69) is 5.32 Å². The number of anilines is 1. The number of methoxy groups -OCH3 is 1. The zero-order chi connectivity index (χ0) is 20.1. The second kappa shape index (κ2) is 8.78. The van der Waals surface area contributed by atoms with Gasteiger partial charge in [-0.05, 0) is 53.9 Å². The van der Waals surface area contributed by atoms with Crippen molar-refractivity contribution < 1.29 is 19.1 Å². The molecule has 0 aliphatic carbocycles. The molecule has 2 aromatic carbocycles. The number of carbonyl (C=O) groups is 2. The minimum absolute atomic E-state index is 0.0143. The number of hydrogen-bond acceptors (Lipinski definition) is 4. The first-order chi connectivity index (χ1) is 13.5. The van der Waals surface area contributed by atoms with Gasteiger partial charge in [0.05, 0.1) is 7.11 Å². The minimum atomic E-state index is -0.235. The van der Waals surface area contributed by atoms with Gasteiger partial charge in [-0.3, -0.25) is 9.59 Å². The summed E-state index contributed by atoms with van der Waals surface area (Å²) in [7, 11) is 1.60. The lowest BCUT2D eigenvalue weighted by Crippen LogP contribution is -2.38. The van der Waals surface area contributed by atoms with Gasteiger partial charge in [0.2, 0.25) is 5.91 Å². The van der Waals surface area contributed by atoms with Crippen molar-refractivity contribution in [3.8, 4) is 11.5 Å². The molecule has 1 aliphatic rings. The maximum Gasteiger partial charge on any atom is 0.262 e. The maximum absolute atomic E-state index is 12.3. The van der Waals surface area contributed by atoms with Crippen molar-refractivity contribution >= 4 is 17.5 Å². The Morgan fingerprint density at radius 3 is 2.46 bits per heavy atom. The largest absolute Gasteiger partial charge is 0.497 e. The Morgan fingerprint density at radius 1 is 1.07 bits per heavy atom. The van der Waals surface area contributed by atoms with E-state index in [1.807, 2.05) is 36.9 Å². The second-order valence-corrected chi connectivity index (χ2v) is 7.16. The molecule has 0 spiro atoms. The number of carbonyl (C=O) groups excluding carboxylic acids is 2. The highest BCUT2D eigenvalue weighted by Gasteiger charge is 2.22. The summed E-state index contributed by atoms with van der Waals surface area (Å²) in [5, 5.41) is 2.86. The van der Waals surface area contributed by atoms with Crippen LogP contribution in [0.1, 0.15) is 25.0 Å². The fraction of sp³-hybridized carbons (Fsp3) is 0.364. The van der Waals surface area contributed by atoms with Crippen LogP contribution in [-0.4, -0.2) is 37.0 Å². The summed E-state index contributed by atoms with van der Waals surface area (Å²) in [5.41, 5.74) is 3.01. The van der Waals surface area contributed by atoms with E-state index < -0.39 is 0 Å². The summed E-state index contributed by atoms with van der Waals surface area (Å²) in [6, 6.07) is 12.9. The van der Waals surface area contributed by atoms with E-state index in [1.165, 1.54) is 5.56 Å². The van der Waals surface area contributed by atoms with Crippen molar-refractivity contribution in [2.24, 2.45) is 5.92 Å². The van der Waals surface area contributed by atoms with Gasteiger partial charge in [-0.1, -0.05) is 19.9 Å². The predicted octanol–water partition coefficient (Wildman–Crippen LogP) is 3.25. The molecule has 0 atom stereocenters. The number of hydrogen-bond donors (Lipinski definition) is 1. The Labute approximate surface area is 165 Å². The standard InChI is InChI=1S/C22H26N2O4/c1-15(2)22(26)24-11-10-16-4-5-18(12-17(16)13-24)23-21(25)14-28-20-8-6-19(27-3)7-9-20/h4-9,12,15H,10-11,13-14H2,1-3H3,(H,23,25). The topological polar surface area (TPSA) is 67.9 Å². The average molecular weight is 382 g/mol. The number of nitrogens with zero attached hydrogens (tertiary/aromatic N) is 1.